The van der Waals surface area contributed by atoms with Crippen molar-refractivity contribution in [3.8, 4) is 11.1 Å². The van der Waals surface area contributed by atoms with Crippen molar-refractivity contribution in [2.75, 3.05) is 0 Å². The number of hydrogen-bond acceptors (Lipinski definition) is 0. The summed E-state index contributed by atoms with van der Waals surface area (Å²) in [5.41, 5.74) is 10.0. The van der Waals surface area contributed by atoms with E-state index in [4.69, 9.17) is 18.6 Å². The molecule has 0 bridgehead atoms. The second-order valence-electron chi connectivity index (χ2n) is 7.92. The summed E-state index contributed by atoms with van der Waals surface area (Å²) >= 11 is -0.556. The average Bonchev–Trinajstić information content (AvgIpc) is 3.03. The summed E-state index contributed by atoms with van der Waals surface area (Å²) < 4.78 is 0. The van der Waals surface area contributed by atoms with E-state index in [1.165, 1.54) is 38.9 Å². The van der Waals surface area contributed by atoms with Crippen molar-refractivity contribution in [2.45, 2.75) is 45.4 Å². The van der Waals surface area contributed by atoms with Gasteiger partial charge in [0.15, 0.2) is 0 Å². The molecule has 28 heavy (non-hydrogen) atoms. The monoisotopic (exact) mass is 444 g/mol. The van der Waals surface area contributed by atoms with Crippen molar-refractivity contribution in [2.24, 2.45) is 0 Å². The van der Waals surface area contributed by atoms with Gasteiger partial charge in [0.25, 0.3) is 0 Å². The molecule has 144 valence electrons. The molecular weight excluding hydrogens is 419 g/mol. The Labute approximate surface area is 186 Å². The zero-order valence-corrected chi connectivity index (χ0v) is 19.9. The molecule has 0 atom stereocenters. The standard InChI is InChI=1S/C25H26.2ClH.Ti/c1-16(2)18-13-19(17(3)4)15-20(14-18)25-23-11-7-5-9-21(23)22-10-6-8-12-24(22)25;;;/h5-17,25H,1-4H3;2*1H;/q;;;+2/p-2. The second-order valence-corrected chi connectivity index (χ2v) is 10.5. The first kappa shape index (κ1) is 21.7. The second kappa shape index (κ2) is 9.64. The Balaban J connectivity index is 0.000000706. The maximum atomic E-state index is 4.89. The van der Waals surface area contributed by atoms with Gasteiger partial charge in [0.05, 0.1) is 0 Å². The number of benzene rings is 3. The van der Waals surface area contributed by atoms with Crippen molar-refractivity contribution >= 4 is 18.6 Å². The van der Waals surface area contributed by atoms with E-state index < -0.39 is 17.0 Å². The van der Waals surface area contributed by atoms with Crippen molar-refractivity contribution in [1.82, 2.24) is 0 Å². The molecular formula is C25H26Cl2Ti. The Morgan fingerprint density at radius 3 is 1.46 bits per heavy atom. The fourth-order valence-electron chi connectivity index (χ4n) is 4.05. The molecule has 0 aliphatic heterocycles. The molecule has 0 nitrogen and oxygen atoms in total. The summed E-state index contributed by atoms with van der Waals surface area (Å²) in [4.78, 5) is 0. The molecule has 0 unspecified atom stereocenters. The fraction of sp³-hybridized carbons (Fsp3) is 0.280. The molecule has 0 saturated heterocycles. The molecule has 0 radical (unpaired) electrons. The maximum absolute atomic E-state index is 4.89. The number of halogens is 2. The summed E-state index contributed by atoms with van der Waals surface area (Å²) in [7, 11) is 9.78. The Morgan fingerprint density at radius 1 is 0.679 bits per heavy atom. The molecule has 0 fully saturated rings. The van der Waals surface area contributed by atoms with Crippen LogP contribution in [0.5, 0.6) is 0 Å². The van der Waals surface area contributed by atoms with E-state index in [9.17, 15) is 0 Å². The number of fused-ring (bicyclic) bond motifs is 3. The van der Waals surface area contributed by atoms with Crippen LogP contribution in [0.3, 0.4) is 0 Å². The zero-order chi connectivity index (χ0) is 20.3. The first-order valence-electron chi connectivity index (χ1n) is 9.77. The summed E-state index contributed by atoms with van der Waals surface area (Å²) in [6, 6.07) is 25.1. The third-order valence-corrected chi connectivity index (χ3v) is 5.50. The van der Waals surface area contributed by atoms with Crippen LogP contribution in [0, 0.1) is 0 Å². The van der Waals surface area contributed by atoms with Crippen LogP contribution in [-0.4, -0.2) is 0 Å². The van der Waals surface area contributed by atoms with Crippen LogP contribution in [0.25, 0.3) is 11.1 Å². The van der Waals surface area contributed by atoms with E-state index in [1.807, 2.05) is 0 Å². The van der Waals surface area contributed by atoms with Gasteiger partial charge in [-0.05, 0) is 50.8 Å². The average molecular weight is 445 g/mol. The number of hydrogen-bond donors (Lipinski definition) is 0. The van der Waals surface area contributed by atoms with E-state index in [0.29, 0.717) is 17.8 Å². The summed E-state index contributed by atoms with van der Waals surface area (Å²) in [6.07, 6.45) is 0. The van der Waals surface area contributed by atoms with Crippen LogP contribution in [-0.2, 0) is 17.0 Å². The molecule has 0 aromatic heterocycles. The molecule has 0 N–H and O–H groups in total. The van der Waals surface area contributed by atoms with E-state index >= 15 is 0 Å². The van der Waals surface area contributed by atoms with Crippen molar-refractivity contribution in [3.63, 3.8) is 0 Å². The van der Waals surface area contributed by atoms with Gasteiger partial charge in [-0.2, -0.15) is 0 Å². The molecule has 0 amide bonds. The molecule has 0 heterocycles. The minimum atomic E-state index is -0.556. The Bertz CT molecular complexity index is 875. The third kappa shape index (κ3) is 4.41. The normalized spacial score (nSPS) is 12.4. The van der Waals surface area contributed by atoms with Crippen LogP contribution in [0.4, 0.5) is 0 Å². The Morgan fingerprint density at radius 2 is 1.07 bits per heavy atom. The molecule has 1 aliphatic carbocycles. The van der Waals surface area contributed by atoms with Crippen LogP contribution in [0.2, 0.25) is 0 Å². The molecule has 4 rings (SSSR count). The quantitative estimate of drug-likeness (QED) is 0.278. The predicted molar refractivity (Wildman–Crippen MR) is 119 cm³/mol. The number of rotatable bonds is 3. The van der Waals surface area contributed by atoms with Gasteiger partial charge in [-0.1, -0.05) is 94.4 Å². The van der Waals surface area contributed by atoms with Gasteiger partial charge in [0.1, 0.15) is 0 Å². The summed E-state index contributed by atoms with van der Waals surface area (Å²) in [5.74, 6) is 1.44. The Hall–Kier alpha value is -1.05. The van der Waals surface area contributed by atoms with Gasteiger partial charge in [-0.15, -0.1) is 0 Å². The van der Waals surface area contributed by atoms with Gasteiger partial charge in [-0.25, -0.2) is 0 Å². The van der Waals surface area contributed by atoms with Crippen LogP contribution < -0.4 is 0 Å². The van der Waals surface area contributed by atoms with Gasteiger partial charge in [-0.3, -0.25) is 0 Å². The van der Waals surface area contributed by atoms with Crippen LogP contribution in [0.15, 0.2) is 66.7 Å². The van der Waals surface area contributed by atoms with Gasteiger partial charge in [0.2, 0.25) is 0 Å². The molecule has 1 aliphatic rings. The summed E-state index contributed by atoms with van der Waals surface area (Å²) in [5, 5.41) is 0. The van der Waals surface area contributed by atoms with Crippen LogP contribution >= 0.6 is 18.6 Å². The third-order valence-electron chi connectivity index (χ3n) is 5.50. The zero-order valence-electron chi connectivity index (χ0n) is 16.8. The summed E-state index contributed by atoms with van der Waals surface area (Å²) in [6.45, 7) is 9.17. The molecule has 0 spiro atoms. The minimum absolute atomic E-state index is 0.351. The fourth-order valence-corrected chi connectivity index (χ4v) is 4.05. The van der Waals surface area contributed by atoms with E-state index in [0.717, 1.165) is 0 Å². The van der Waals surface area contributed by atoms with Crippen molar-refractivity contribution in [3.05, 3.63) is 94.5 Å². The topological polar surface area (TPSA) is 0 Å². The molecule has 0 saturated carbocycles. The van der Waals surface area contributed by atoms with Crippen molar-refractivity contribution in [1.29, 1.82) is 0 Å². The predicted octanol–water partition coefficient (Wildman–Crippen LogP) is 8.47. The van der Waals surface area contributed by atoms with E-state index in [1.54, 1.807) is 0 Å². The van der Waals surface area contributed by atoms with Gasteiger partial charge < -0.3 is 0 Å². The molecule has 3 aromatic carbocycles. The molecule has 3 aromatic rings. The van der Waals surface area contributed by atoms with Gasteiger partial charge >= 0.3 is 35.6 Å². The Kier molecular flexibility index (Phi) is 7.45. The van der Waals surface area contributed by atoms with Crippen molar-refractivity contribution < 1.29 is 17.0 Å². The van der Waals surface area contributed by atoms with Crippen LogP contribution in [0.1, 0.15) is 73.3 Å². The SMILES string of the molecule is CC(C)c1cc(C(C)C)cc(C2c3ccccc3-c3ccccc32)c1.[Cl][Ti][Cl]. The first-order chi connectivity index (χ1) is 13.5. The van der Waals surface area contributed by atoms with E-state index in [2.05, 4.69) is 94.4 Å². The van der Waals surface area contributed by atoms with Gasteiger partial charge in [0, 0.05) is 5.92 Å². The first-order valence-corrected chi connectivity index (χ1v) is 14.1. The molecule has 3 heteroatoms. The van der Waals surface area contributed by atoms with E-state index in [-0.39, 0.29) is 0 Å².